The normalized spacial score (nSPS) is 12.6. The van der Waals surface area contributed by atoms with Crippen molar-refractivity contribution in [2.24, 2.45) is 5.92 Å². The quantitative estimate of drug-likeness (QED) is 0.194. The van der Waals surface area contributed by atoms with E-state index in [9.17, 15) is 0 Å². The van der Waals surface area contributed by atoms with E-state index in [4.69, 9.17) is 0 Å². The fourth-order valence-corrected chi connectivity index (χ4v) is 3.88. The van der Waals surface area contributed by atoms with Crippen LogP contribution in [-0.2, 0) is 0 Å². The molecule has 0 aromatic heterocycles. The second kappa shape index (κ2) is 21.0. The van der Waals surface area contributed by atoms with Gasteiger partial charge in [0.2, 0.25) is 0 Å². The molecule has 0 saturated heterocycles. The van der Waals surface area contributed by atoms with E-state index in [-0.39, 0.29) is 0 Å². The molecule has 0 aliphatic heterocycles. The molecule has 0 bridgehead atoms. The van der Waals surface area contributed by atoms with Crippen LogP contribution in [0.15, 0.2) is 0 Å². The highest BCUT2D eigenvalue weighted by Gasteiger charge is 2.08. The van der Waals surface area contributed by atoms with Crippen LogP contribution in [0.2, 0.25) is 0 Å². The minimum absolute atomic E-state index is 1.04. The third-order valence-electron chi connectivity index (χ3n) is 5.65. The number of hydrogen-bond donors (Lipinski definition) is 0. The van der Waals surface area contributed by atoms with Gasteiger partial charge in [-0.15, -0.1) is 0 Å². The zero-order chi connectivity index (χ0) is 17.7. The zero-order valence-corrected chi connectivity index (χ0v) is 17.7. The van der Waals surface area contributed by atoms with E-state index < -0.39 is 0 Å². The predicted molar refractivity (Wildman–Crippen MR) is 113 cm³/mol. The SMILES string of the molecule is CCCCCCCCCCCC(CCCC)CCCCCCCC. The lowest BCUT2D eigenvalue weighted by Crippen LogP contribution is -2.01. The highest BCUT2D eigenvalue weighted by molar-refractivity contribution is 4.61. The van der Waals surface area contributed by atoms with Crippen molar-refractivity contribution in [1.29, 1.82) is 0 Å². The molecule has 0 fully saturated rings. The summed E-state index contributed by atoms with van der Waals surface area (Å²) >= 11 is 0. The van der Waals surface area contributed by atoms with Crippen LogP contribution in [0.5, 0.6) is 0 Å². The Balaban J connectivity index is 3.53. The van der Waals surface area contributed by atoms with Crippen molar-refractivity contribution in [2.45, 2.75) is 149 Å². The van der Waals surface area contributed by atoms with Gasteiger partial charge < -0.3 is 0 Å². The van der Waals surface area contributed by atoms with Crippen LogP contribution in [0.1, 0.15) is 149 Å². The molecule has 1 unspecified atom stereocenters. The van der Waals surface area contributed by atoms with E-state index in [1.807, 2.05) is 0 Å². The maximum absolute atomic E-state index is 2.35. The summed E-state index contributed by atoms with van der Waals surface area (Å²) in [6, 6.07) is 0. The van der Waals surface area contributed by atoms with Crippen LogP contribution in [0.4, 0.5) is 0 Å². The van der Waals surface area contributed by atoms with Crippen molar-refractivity contribution in [3.8, 4) is 0 Å². The van der Waals surface area contributed by atoms with Gasteiger partial charge in [-0.05, 0) is 5.92 Å². The highest BCUT2D eigenvalue weighted by atomic mass is 14.1. The molecule has 0 aliphatic rings. The maximum Gasteiger partial charge on any atom is -0.0414 e. The monoisotopic (exact) mass is 338 g/mol. The molecular formula is C24H50. The molecule has 0 rings (SSSR count). The smallest absolute Gasteiger partial charge is 0.0414 e. The first kappa shape index (κ1) is 24.0. The van der Waals surface area contributed by atoms with E-state index in [0.29, 0.717) is 0 Å². The third-order valence-corrected chi connectivity index (χ3v) is 5.65. The van der Waals surface area contributed by atoms with E-state index in [1.165, 1.54) is 128 Å². The summed E-state index contributed by atoms with van der Waals surface area (Å²) in [5, 5.41) is 0. The molecule has 24 heavy (non-hydrogen) atoms. The van der Waals surface area contributed by atoms with Crippen molar-refractivity contribution in [3.63, 3.8) is 0 Å². The molecule has 1 atom stereocenters. The Labute approximate surface area is 155 Å². The molecule has 0 aromatic carbocycles. The highest BCUT2D eigenvalue weighted by Crippen LogP contribution is 2.24. The van der Waals surface area contributed by atoms with Gasteiger partial charge in [-0.1, -0.05) is 149 Å². The van der Waals surface area contributed by atoms with Crippen LogP contribution in [-0.4, -0.2) is 0 Å². The standard InChI is InChI=1S/C24H50/c1-4-7-10-12-14-15-16-18-20-23-24(21-9-6-3)22-19-17-13-11-8-5-2/h24H,4-23H2,1-3H3. The summed E-state index contributed by atoms with van der Waals surface area (Å²) in [5.74, 6) is 1.04. The fraction of sp³-hybridized carbons (Fsp3) is 1.00. The summed E-state index contributed by atoms with van der Waals surface area (Å²) in [6.45, 7) is 6.96. The van der Waals surface area contributed by atoms with Crippen molar-refractivity contribution in [1.82, 2.24) is 0 Å². The van der Waals surface area contributed by atoms with Gasteiger partial charge in [0.05, 0.1) is 0 Å². The topological polar surface area (TPSA) is 0 Å². The minimum Gasteiger partial charge on any atom is -0.0654 e. The Morgan fingerprint density at radius 3 is 1.00 bits per heavy atom. The van der Waals surface area contributed by atoms with E-state index >= 15 is 0 Å². The molecule has 0 radical (unpaired) electrons. The van der Waals surface area contributed by atoms with Gasteiger partial charge in [0.25, 0.3) is 0 Å². The third kappa shape index (κ3) is 18.3. The van der Waals surface area contributed by atoms with Crippen LogP contribution in [0.25, 0.3) is 0 Å². The Kier molecular flexibility index (Phi) is 21.0. The van der Waals surface area contributed by atoms with Gasteiger partial charge in [-0.25, -0.2) is 0 Å². The maximum atomic E-state index is 2.35. The predicted octanol–water partition coefficient (Wildman–Crippen LogP) is 9.46. The average Bonchev–Trinajstić information content (AvgIpc) is 2.60. The van der Waals surface area contributed by atoms with Crippen LogP contribution in [0, 0.1) is 5.92 Å². The molecule has 0 aliphatic carbocycles. The lowest BCUT2D eigenvalue weighted by molar-refractivity contribution is 0.370. The summed E-state index contributed by atoms with van der Waals surface area (Å²) in [7, 11) is 0. The lowest BCUT2D eigenvalue weighted by atomic mass is 9.90. The Bertz CT molecular complexity index is 208. The minimum atomic E-state index is 1.04. The molecule has 0 amide bonds. The first-order valence-corrected chi connectivity index (χ1v) is 11.8. The van der Waals surface area contributed by atoms with Crippen LogP contribution >= 0.6 is 0 Å². The molecule has 0 spiro atoms. The van der Waals surface area contributed by atoms with Crippen molar-refractivity contribution in [3.05, 3.63) is 0 Å². The summed E-state index contributed by atoms with van der Waals surface area (Å²) < 4.78 is 0. The van der Waals surface area contributed by atoms with E-state index in [0.717, 1.165) is 5.92 Å². The first-order chi connectivity index (χ1) is 11.8. The zero-order valence-electron chi connectivity index (χ0n) is 17.7. The number of hydrogen-bond acceptors (Lipinski definition) is 0. The van der Waals surface area contributed by atoms with Crippen molar-refractivity contribution >= 4 is 0 Å². The molecule has 0 heterocycles. The summed E-state index contributed by atoms with van der Waals surface area (Å²) in [5.41, 5.74) is 0. The van der Waals surface area contributed by atoms with E-state index in [1.54, 1.807) is 0 Å². The average molecular weight is 339 g/mol. The Morgan fingerprint density at radius 1 is 0.333 bits per heavy atom. The molecule has 0 saturated carbocycles. The summed E-state index contributed by atoms with van der Waals surface area (Å²) in [6.07, 6.45) is 29.3. The second-order valence-corrected chi connectivity index (χ2v) is 8.18. The molecular weight excluding hydrogens is 288 g/mol. The van der Waals surface area contributed by atoms with Gasteiger partial charge in [0.1, 0.15) is 0 Å². The van der Waals surface area contributed by atoms with Gasteiger partial charge >= 0.3 is 0 Å². The largest absolute Gasteiger partial charge is 0.0654 e. The molecule has 0 heteroatoms. The molecule has 0 nitrogen and oxygen atoms in total. The molecule has 0 aromatic rings. The summed E-state index contributed by atoms with van der Waals surface area (Å²) in [4.78, 5) is 0. The molecule has 146 valence electrons. The first-order valence-electron chi connectivity index (χ1n) is 11.8. The van der Waals surface area contributed by atoms with Gasteiger partial charge in [-0.3, -0.25) is 0 Å². The Hall–Kier alpha value is 0. The Morgan fingerprint density at radius 2 is 0.625 bits per heavy atom. The number of rotatable bonds is 20. The molecule has 0 N–H and O–H groups in total. The number of unbranched alkanes of at least 4 members (excludes halogenated alkanes) is 14. The van der Waals surface area contributed by atoms with Crippen LogP contribution < -0.4 is 0 Å². The van der Waals surface area contributed by atoms with Gasteiger partial charge in [0, 0.05) is 0 Å². The second-order valence-electron chi connectivity index (χ2n) is 8.18. The van der Waals surface area contributed by atoms with Crippen molar-refractivity contribution < 1.29 is 0 Å². The van der Waals surface area contributed by atoms with Crippen LogP contribution in [0.3, 0.4) is 0 Å². The van der Waals surface area contributed by atoms with Gasteiger partial charge in [-0.2, -0.15) is 0 Å². The fourth-order valence-electron chi connectivity index (χ4n) is 3.88. The lowest BCUT2D eigenvalue weighted by Gasteiger charge is -2.16. The van der Waals surface area contributed by atoms with Gasteiger partial charge in [0.15, 0.2) is 0 Å². The van der Waals surface area contributed by atoms with Crippen molar-refractivity contribution in [2.75, 3.05) is 0 Å². The van der Waals surface area contributed by atoms with E-state index in [2.05, 4.69) is 20.8 Å².